The average molecular weight is 500 g/mol. The van der Waals surface area contributed by atoms with Gasteiger partial charge < -0.3 is 10.2 Å². The van der Waals surface area contributed by atoms with Gasteiger partial charge in [-0.1, -0.05) is 27.5 Å². The Morgan fingerprint density at radius 2 is 1.83 bits per heavy atom. The van der Waals surface area contributed by atoms with Crippen LogP contribution in [-0.4, -0.2) is 31.5 Å². The monoisotopic (exact) mass is 498 g/mol. The summed E-state index contributed by atoms with van der Waals surface area (Å²) in [5.74, 6) is -0.713. The fraction of sp³-hybridized carbons (Fsp3) is 0.300. The summed E-state index contributed by atoms with van der Waals surface area (Å²) < 4.78 is 25.1. The molecule has 1 aliphatic heterocycles. The number of anilines is 2. The van der Waals surface area contributed by atoms with Crippen LogP contribution in [0.4, 0.5) is 11.4 Å². The highest BCUT2D eigenvalue weighted by atomic mass is 79.9. The molecule has 1 aliphatic rings. The standard InChI is InChI=1S/C20H20BrClN2O4S/c1-20(2,29(27,28)15-8-5-13(21)6-9-15)19(26)23-17-12-14(7-10-16(17)22)24-11-3-4-18(24)25/h5-10,12H,3-4,11H2,1-2H3,(H,23,26). The molecule has 0 saturated carbocycles. The molecule has 0 unspecified atom stereocenters. The molecule has 6 nitrogen and oxygen atoms in total. The van der Waals surface area contributed by atoms with Crippen LogP contribution in [0.2, 0.25) is 5.02 Å². The number of nitrogens with zero attached hydrogens (tertiary/aromatic N) is 1. The van der Waals surface area contributed by atoms with E-state index in [4.69, 9.17) is 11.6 Å². The number of hydrogen-bond acceptors (Lipinski definition) is 4. The maximum absolute atomic E-state index is 13.0. The van der Waals surface area contributed by atoms with Crippen LogP contribution >= 0.6 is 27.5 Å². The second-order valence-corrected chi connectivity index (χ2v) is 11.1. The van der Waals surface area contributed by atoms with Gasteiger partial charge in [0.1, 0.15) is 4.75 Å². The lowest BCUT2D eigenvalue weighted by atomic mass is 10.2. The van der Waals surface area contributed by atoms with Crippen molar-refractivity contribution in [2.24, 2.45) is 0 Å². The largest absolute Gasteiger partial charge is 0.323 e. The van der Waals surface area contributed by atoms with Crippen LogP contribution in [0.3, 0.4) is 0 Å². The number of benzene rings is 2. The van der Waals surface area contributed by atoms with Gasteiger partial charge in [-0.2, -0.15) is 0 Å². The molecule has 1 heterocycles. The van der Waals surface area contributed by atoms with Crippen molar-refractivity contribution in [3.05, 3.63) is 52.0 Å². The topological polar surface area (TPSA) is 83.6 Å². The maximum atomic E-state index is 13.0. The van der Waals surface area contributed by atoms with Crippen LogP contribution in [0.1, 0.15) is 26.7 Å². The molecule has 2 amide bonds. The summed E-state index contributed by atoms with van der Waals surface area (Å²) in [6, 6.07) is 11.0. The van der Waals surface area contributed by atoms with E-state index in [2.05, 4.69) is 21.2 Å². The van der Waals surface area contributed by atoms with Crippen LogP contribution in [0, 0.1) is 0 Å². The van der Waals surface area contributed by atoms with Crippen LogP contribution in [0.15, 0.2) is 51.8 Å². The average Bonchev–Trinajstić information content (AvgIpc) is 3.09. The van der Waals surface area contributed by atoms with E-state index in [0.29, 0.717) is 18.7 Å². The molecule has 1 N–H and O–H groups in total. The lowest BCUT2D eigenvalue weighted by molar-refractivity contribution is -0.118. The number of nitrogens with one attached hydrogen (secondary N) is 1. The number of sulfone groups is 1. The summed E-state index contributed by atoms with van der Waals surface area (Å²) in [6.45, 7) is 3.29. The molecule has 1 fully saturated rings. The minimum Gasteiger partial charge on any atom is -0.323 e. The van der Waals surface area contributed by atoms with E-state index in [1.165, 1.54) is 26.0 Å². The molecule has 2 aromatic rings. The molecule has 0 spiro atoms. The van der Waals surface area contributed by atoms with Crippen molar-refractivity contribution < 1.29 is 18.0 Å². The smallest absolute Gasteiger partial charge is 0.245 e. The van der Waals surface area contributed by atoms with E-state index in [1.807, 2.05) is 0 Å². The molecule has 0 atom stereocenters. The molecule has 3 rings (SSSR count). The first kappa shape index (κ1) is 21.8. The maximum Gasteiger partial charge on any atom is 0.245 e. The lowest BCUT2D eigenvalue weighted by Crippen LogP contribution is -2.44. The fourth-order valence-electron chi connectivity index (χ4n) is 3.00. The van der Waals surface area contributed by atoms with E-state index in [9.17, 15) is 18.0 Å². The van der Waals surface area contributed by atoms with Crippen molar-refractivity contribution in [1.82, 2.24) is 0 Å². The van der Waals surface area contributed by atoms with E-state index in [1.54, 1.807) is 35.2 Å². The number of carbonyl (C=O) groups is 2. The van der Waals surface area contributed by atoms with E-state index in [0.717, 1.165) is 10.9 Å². The summed E-state index contributed by atoms with van der Waals surface area (Å²) in [5, 5.41) is 2.87. The highest BCUT2D eigenvalue weighted by molar-refractivity contribution is 9.10. The van der Waals surface area contributed by atoms with Crippen molar-refractivity contribution >= 4 is 60.6 Å². The Bertz CT molecular complexity index is 1070. The molecule has 2 aromatic carbocycles. The van der Waals surface area contributed by atoms with E-state index >= 15 is 0 Å². The van der Waals surface area contributed by atoms with Crippen LogP contribution < -0.4 is 10.2 Å². The number of amides is 2. The molecule has 0 aromatic heterocycles. The highest BCUT2D eigenvalue weighted by Gasteiger charge is 2.43. The third-order valence-electron chi connectivity index (χ3n) is 4.93. The van der Waals surface area contributed by atoms with Crippen molar-refractivity contribution in [2.75, 3.05) is 16.8 Å². The molecular formula is C20H20BrClN2O4S. The van der Waals surface area contributed by atoms with Crippen molar-refractivity contribution in [3.63, 3.8) is 0 Å². The lowest BCUT2D eigenvalue weighted by Gasteiger charge is -2.25. The second kappa shape index (κ2) is 8.08. The Kier molecular flexibility index (Phi) is 6.08. The second-order valence-electron chi connectivity index (χ2n) is 7.23. The van der Waals surface area contributed by atoms with Gasteiger partial charge in [-0.3, -0.25) is 9.59 Å². The van der Waals surface area contributed by atoms with Crippen molar-refractivity contribution in [3.8, 4) is 0 Å². The zero-order valence-electron chi connectivity index (χ0n) is 15.9. The van der Waals surface area contributed by atoms with Gasteiger partial charge in [-0.25, -0.2) is 8.42 Å². The molecule has 0 bridgehead atoms. The van der Waals surface area contributed by atoms with E-state index in [-0.39, 0.29) is 21.5 Å². The summed E-state index contributed by atoms with van der Waals surface area (Å²) in [7, 11) is -3.96. The Morgan fingerprint density at radius 1 is 1.17 bits per heavy atom. The predicted octanol–water partition coefficient (Wildman–Crippen LogP) is 4.42. The third-order valence-corrected chi connectivity index (χ3v) is 8.21. The number of carbonyl (C=O) groups excluding carboxylic acids is 2. The van der Waals surface area contributed by atoms with Crippen LogP contribution in [0.5, 0.6) is 0 Å². The third kappa shape index (κ3) is 4.20. The molecule has 154 valence electrons. The summed E-state index contributed by atoms with van der Waals surface area (Å²) in [6.07, 6.45) is 1.24. The van der Waals surface area contributed by atoms with Crippen LogP contribution in [0.25, 0.3) is 0 Å². The number of halogens is 2. The highest BCUT2D eigenvalue weighted by Crippen LogP contribution is 2.32. The summed E-state index contributed by atoms with van der Waals surface area (Å²) in [5.41, 5.74) is 0.869. The van der Waals surface area contributed by atoms with Crippen LogP contribution in [-0.2, 0) is 19.4 Å². The van der Waals surface area contributed by atoms with Gasteiger partial charge in [0.2, 0.25) is 11.8 Å². The first-order chi connectivity index (χ1) is 13.5. The Balaban J connectivity index is 1.88. The van der Waals surface area contributed by atoms with Crippen molar-refractivity contribution in [2.45, 2.75) is 36.3 Å². The summed E-state index contributed by atoms with van der Waals surface area (Å²) in [4.78, 5) is 26.6. The quantitative estimate of drug-likeness (QED) is 0.660. The minimum absolute atomic E-state index is 0.00254. The van der Waals surface area contributed by atoms with Gasteiger partial charge >= 0.3 is 0 Å². The molecule has 0 aliphatic carbocycles. The zero-order valence-corrected chi connectivity index (χ0v) is 19.1. The van der Waals surface area contributed by atoms with Gasteiger partial charge in [0.15, 0.2) is 9.84 Å². The molecule has 29 heavy (non-hydrogen) atoms. The Morgan fingerprint density at radius 3 is 2.41 bits per heavy atom. The molecule has 1 saturated heterocycles. The zero-order chi connectivity index (χ0) is 21.4. The predicted molar refractivity (Wildman–Crippen MR) is 117 cm³/mol. The molecule has 9 heteroatoms. The molecule has 0 radical (unpaired) electrons. The Hall–Kier alpha value is -1.90. The van der Waals surface area contributed by atoms with Gasteiger partial charge in [0.05, 0.1) is 15.6 Å². The normalized spacial score (nSPS) is 14.9. The number of hydrogen-bond donors (Lipinski definition) is 1. The first-order valence-corrected chi connectivity index (χ1v) is 11.6. The summed E-state index contributed by atoms with van der Waals surface area (Å²) >= 11 is 9.48. The van der Waals surface area contributed by atoms with E-state index < -0.39 is 20.5 Å². The molecular weight excluding hydrogens is 480 g/mol. The van der Waals surface area contributed by atoms with Gasteiger partial charge in [0.25, 0.3) is 0 Å². The first-order valence-electron chi connectivity index (χ1n) is 8.95. The van der Waals surface area contributed by atoms with Gasteiger partial charge in [-0.15, -0.1) is 0 Å². The van der Waals surface area contributed by atoms with Crippen molar-refractivity contribution in [1.29, 1.82) is 0 Å². The fourth-order valence-corrected chi connectivity index (χ4v) is 4.81. The minimum atomic E-state index is -3.96. The number of rotatable bonds is 5. The van der Waals surface area contributed by atoms with Gasteiger partial charge in [-0.05, 0) is 62.7 Å². The SMILES string of the molecule is CC(C)(C(=O)Nc1cc(N2CCCC2=O)ccc1Cl)S(=O)(=O)c1ccc(Br)cc1. The Labute approximate surface area is 183 Å². The van der Waals surface area contributed by atoms with Gasteiger partial charge in [0, 0.05) is 23.1 Å².